The van der Waals surface area contributed by atoms with Crippen LogP contribution in [0.1, 0.15) is 23.2 Å². The Bertz CT molecular complexity index is 570. The van der Waals surface area contributed by atoms with Gasteiger partial charge in [0.25, 0.3) is 0 Å². The van der Waals surface area contributed by atoms with Crippen LogP contribution in [-0.2, 0) is 0 Å². The number of phenolic OH excluding ortho intramolecular Hbond substituents is 1. The lowest BCUT2D eigenvalue weighted by molar-refractivity contribution is 0.111. The van der Waals surface area contributed by atoms with Gasteiger partial charge in [0, 0.05) is 24.8 Å². The van der Waals surface area contributed by atoms with E-state index in [0.717, 1.165) is 12.8 Å². The summed E-state index contributed by atoms with van der Waals surface area (Å²) in [4.78, 5) is 25.2. The molecule has 0 radical (unpaired) electrons. The number of benzene rings is 1. The van der Waals surface area contributed by atoms with E-state index in [-0.39, 0.29) is 23.9 Å². The first kappa shape index (κ1) is 13.7. The maximum Gasteiger partial charge on any atom is 0.407 e. The van der Waals surface area contributed by atoms with E-state index in [0.29, 0.717) is 18.8 Å². The van der Waals surface area contributed by atoms with Gasteiger partial charge in [-0.05, 0) is 18.9 Å². The van der Waals surface area contributed by atoms with Gasteiger partial charge in [0.1, 0.15) is 11.6 Å². The molecule has 0 aromatic heterocycles. The average Bonchev–Trinajstić information content (AvgIpc) is 2.69. The smallest absolute Gasteiger partial charge is 0.407 e. The van der Waals surface area contributed by atoms with Crippen molar-refractivity contribution in [3.63, 3.8) is 0 Å². The second-order valence-corrected chi connectivity index (χ2v) is 5.46. The highest BCUT2D eigenvalue weighted by Crippen LogP contribution is 2.34. The zero-order chi connectivity index (χ0) is 15.1. The average molecular weight is 294 g/mol. The predicted molar refractivity (Wildman–Crippen MR) is 72.3 cm³/mol. The van der Waals surface area contributed by atoms with E-state index in [1.165, 1.54) is 17.0 Å². The van der Waals surface area contributed by atoms with Crippen LogP contribution in [-0.4, -0.2) is 52.7 Å². The number of aldehydes is 1. The van der Waals surface area contributed by atoms with Gasteiger partial charge in [-0.1, -0.05) is 0 Å². The molecule has 0 aliphatic carbocycles. The highest BCUT2D eigenvalue weighted by atomic mass is 19.1. The normalized spacial score (nSPS) is 24.2. The van der Waals surface area contributed by atoms with Gasteiger partial charge in [0.05, 0.1) is 17.6 Å². The first-order valence-electron chi connectivity index (χ1n) is 6.75. The number of halogens is 1. The van der Waals surface area contributed by atoms with Crippen LogP contribution in [0.3, 0.4) is 0 Å². The molecule has 1 aromatic carbocycles. The maximum absolute atomic E-state index is 13.8. The summed E-state index contributed by atoms with van der Waals surface area (Å²) < 4.78 is 13.8. The molecule has 1 amide bonds. The van der Waals surface area contributed by atoms with E-state index in [9.17, 15) is 24.2 Å². The number of carbonyl (C=O) groups excluding carboxylic acids is 1. The van der Waals surface area contributed by atoms with Crippen LogP contribution in [0.2, 0.25) is 0 Å². The third kappa shape index (κ3) is 2.18. The first-order chi connectivity index (χ1) is 10.0. The van der Waals surface area contributed by atoms with Gasteiger partial charge >= 0.3 is 6.09 Å². The molecule has 21 heavy (non-hydrogen) atoms. The van der Waals surface area contributed by atoms with Crippen LogP contribution in [0.25, 0.3) is 0 Å². The number of rotatable bonds is 2. The van der Waals surface area contributed by atoms with Crippen LogP contribution < -0.4 is 4.90 Å². The Morgan fingerprint density at radius 3 is 2.38 bits per heavy atom. The fourth-order valence-electron chi connectivity index (χ4n) is 3.31. The molecule has 0 saturated carbocycles. The molecule has 2 bridgehead atoms. The molecule has 2 aliphatic rings. The number of aromatic hydroxyl groups is 1. The molecule has 2 heterocycles. The second-order valence-electron chi connectivity index (χ2n) is 5.46. The van der Waals surface area contributed by atoms with Crippen molar-refractivity contribution in [2.75, 3.05) is 18.0 Å². The number of amides is 1. The lowest BCUT2D eigenvalue weighted by atomic mass is 10.1. The van der Waals surface area contributed by atoms with Crippen LogP contribution >= 0.6 is 0 Å². The summed E-state index contributed by atoms with van der Waals surface area (Å²) in [5.41, 5.74) is 0.114. The van der Waals surface area contributed by atoms with Gasteiger partial charge in [-0.2, -0.15) is 0 Å². The van der Waals surface area contributed by atoms with Crippen molar-refractivity contribution >= 4 is 18.1 Å². The minimum atomic E-state index is -0.924. The topological polar surface area (TPSA) is 81.1 Å². The number of anilines is 1. The van der Waals surface area contributed by atoms with Crippen molar-refractivity contribution in [1.29, 1.82) is 0 Å². The van der Waals surface area contributed by atoms with Crippen molar-refractivity contribution in [3.8, 4) is 5.75 Å². The van der Waals surface area contributed by atoms with Gasteiger partial charge in [-0.3, -0.25) is 9.69 Å². The number of piperazine rings is 1. The molecular weight excluding hydrogens is 279 g/mol. The summed E-state index contributed by atoms with van der Waals surface area (Å²) in [5, 5.41) is 18.9. The largest absolute Gasteiger partial charge is 0.507 e. The van der Waals surface area contributed by atoms with Crippen LogP contribution in [0.15, 0.2) is 12.1 Å². The molecule has 7 heteroatoms. The monoisotopic (exact) mass is 294 g/mol. The molecule has 3 rings (SSSR count). The van der Waals surface area contributed by atoms with E-state index in [4.69, 9.17) is 0 Å². The summed E-state index contributed by atoms with van der Waals surface area (Å²) in [6.07, 6.45) is 0.927. The number of fused-ring (bicyclic) bond motifs is 2. The Labute approximate surface area is 120 Å². The summed E-state index contributed by atoms with van der Waals surface area (Å²) in [6, 6.07) is 2.33. The summed E-state index contributed by atoms with van der Waals surface area (Å²) in [6.45, 7) is 0.921. The lowest BCUT2D eigenvalue weighted by Gasteiger charge is -2.40. The van der Waals surface area contributed by atoms with Crippen molar-refractivity contribution in [2.45, 2.75) is 24.9 Å². The quantitative estimate of drug-likeness (QED) is 0.811. The number of hydrogen-bond donors (Lipinski definition) is 2. The third-order valence-corrected chi connectivity index (χ3v) is 4.28. The van der Waals surface area contributed by atoms with Gasteiger partial charge in [-0.15, -0.1) is 0 Å². The number of carbonyl (C=O) groups is 2. The van der Waals surface area contributed by atoms with Crippen LogP contribution in [0, 0.1) is 5.82 Å². The number of phenols is 1. The molecule has 2 saturated heterocycles. The van der Waals surface area contributed by atoms with E-state index in [1.807, 2.05) is 4.90 Å². The van der Waals surface area contributed by atoms with Gasteiger partial charge in [-0.25, -0.2) is 9.18 Å². The summed E-state index contributed by atoms with van der Waals surface area (Å²) >= 11 is 0. The Hall–Kier alpha value is -2.31. The van der Waals surface area contributed by atoms with Crippen molar-refractivity contribution in [1.82, 2.24) is 4.90 Å². The summed E-state index contributed by atoms with van der Waals surface area (Å²) in [5.74, 6) is -1.17. The minimum absolute atomic E-state index is 0.114. The highest BCUT2D eigenvalue weighted by molar-refractivity contribution is 5.81. The molecule has 1 aromatic rings. The molecule has 0 spiro atoms. The third-order valence-electron chi connectivity index (χ3n) is 4.28. The molecule has 2 unspecified atom stereocenters. The fraction of sp³-hybridized carbons (Fsp3) is 0.429. The minimum Gasteiger partial charge on any atom is -0.507 e. The highest BCUT2D eigenvalue weighted by Gasteiger charge is 2.42. The van der Waals surface area contributed by atoms with Gasteiger partial charge in [0.15, 0.2) is 6.29 Å². The zero-order valence-electron chi connectivity index (χ0n) is 11.2. The predicted octanol–water partition coefficient (Wildman–Crippen LogP) is 1.67. The van der Waals surface area contributed by atoms with Crippen molar-refractivity contribution < 1.29 is 24.2 Å². The molecule has 2 N–H and O–H groups in total. The Morgan fingerprint density at radius 2 is 1.90 bits per heavy atom. The molecule has 2 fully saturated rings. The molecule has 2 atom stereocenters. The standard InChI is InChI=1S/C14H15FN2O4/c15-12-3-10(4-13(19)11(12)7-18)16-5-8-1-2-9(6-16)17(8)14(20)21/h3-4,7-9,19H,1-2,5-6H2,(H,20,21). The SMILES string of the molecule is O=Cc1c(O)cc(N2CC3CCC(C2)N3C(=O)O)cc1F. The molecule has 6 nitrogen and oxygen atoms in total. The Kier molecular flexibility index (Phi) is 3.19. The van der Waals surface area contributed by atoms with E-state index < -0.39 is 17.7 Å². The maximum atomic E-state index is 13.8. The number of hydrogen-bond acceptors (Lipinski definition) is 4. The van der Waals surface area contributed by atoms with Gasteiger partial charge < -0.3 is 15.1 Å². The Balaban J connectivity index is 1.87. The first-order valence-corrected chi connectivity index (χ1v) is 6.75. The molecule has 2 aliphatic heterocycles. The number of nitrogens with zero attached hydrogens (tertiary/aromatic N) is 2. The molecular formula is C14H15FN2O4. The number of carboxylic acid groups (broad SMARTS) is 1. The van der Waals surface area contributed by atoms with Crippen molar-refractivity contribution in [2.24, 2.45) is 0 Å². The fourth-order valence-corrected chi connectivity index (χ4v) is 3.31. The van der Waals surface area contributed by atoms with E-state index in [1.54, 1.807) is 0 Å². The lowest BCUT2D eigenvalue weighted by Crippen LogP contribution is -2.55. The van der Waals surface area contributed by atoms with Gasteiger partial charge in [0.2, 0.25) is 0 Å². The summed E-state index contributed by atoms with van der Waals surface area (Å²) in [7, 11) is 0. The van der Waals surface area contributed by atoms with Crippen molar-refractivity contribution in [3.05, 3.63) is 23.5 Å². The Morgan fingerprint density at radius 1 is 1.29 bits per heavy atom. The van der Waals surface area contributed by atoms with Crippen LogP contribution in [0.4, 0.5) is 14.9 Å². The van der Waals surface area contributed by atoms with E-state index >= 15 is 0 Å². The van der Waals surface area contributed by atoms with Crippen LogP contribution in [0.5, 0.6) is 5.75 Å². The van der Waals surface area contributed by atoms with E-state index in [2.05, 4.69) is 0 Å². The molecule has 112 valence electrons. The zero-order valence-corrected chi connectivity index (χ0v) is 11.2. The second kappa shape index (κ2) is 4.91.